The fourth-order valence-corrected chi connectivity index (χ4v) is 2.45. The van der Waals surface area contributed by atoms with E-state index in [9.17, 15) is 5.02 Å². The highest BCUT2D eigenvalue weighted by molar-refractivity contribution is 6.61. The van der Waals surface area contributed by atoms with Crippen LogP contribution in [-0.2, 0) is 4.65 Å². The first kappa shape index (κ1) is 14.6. The molecule has 1 aliphatic heterocycles. The number of rotatable bonds is 6. The molecule has 0 bridgehead atoms. The average Bonchev–Trinajstić information content (AvgIpc) is 2.71. The van der Waals surface area contributed by atoms with E-state index in [1.807, 2.05) is 0 Å². The van der Waals surface area contributed by atoms with Gasteiger partial charge in [0.2, 0.25) is 0 Å². The summed E-state index contributed by atoms with van der Waals surface area (Å²) in [7, 11) is -0.772. The van der Waals surface area contributed by atoms with Gasteiger partial charge in [-0.15, -0.1) is 0 Å². The highest BCUT2D eigenvalue weighted by Crippen LogP contribution is 2.25. The van der Waals surface area contributed by atoms with Crippen LogP contribution in [0.1, 0.15) is 56.8 Å². The van der Waals surface area contributed by atoms with Gasteiger partial charge in [0.15, 0.2) is 0 Å². The molecule has 1 aromatic rings. The van der Waals surface area contributed by atoms with E-state index in [2.05, 4.69) is 44.3 Å². The molecule has 1 heterocycles. The van der Waals surface area contributed by atoms with Crippen LogP contribution in [0.5, 0.6) is 0 Å². The lowest BCUT2D eigenvalue weighted by Crippen LogP contribution is -2.28. The Bertz CT molecular complexity index is 423. The quantitative estimate of drug-likeness (QED) is 0.607. The van der Waals surface area contributed by atoms with E-state index in [1.165, 1.54) is 18.4 Å². The number of nitrogens with one attached hydrogen (secondary N) is 1. The lowest BCUT2D eigenvalue weighted by atomic mass is 9.77. The molecule has 1 aromatic carbocycles. The molecular formula is C15H24BNO2. The summed E-state index contributed by atoms with van der Waals surface area (Å²) in [5, 5.41) is 13.4. The van der Waals surface area contributed by atoms with Crippen molar-refractivity contribution in [1.82, 2.24) is 5.32 Å². The molecule has 0 saturated carbocycles. The van der Waals surface area contributed by atoms with Crippen molar-refractivity contribution in [2.24, 2.45) is 0 Å². The van der Waals surface area contributed by atoms with Crippen LogP contribution in [0, 0.1) is 0 Å². The fraction of sp³-hybridized carbons (Fsp3) is 0.600. The molecule has 2 N–H and O–H groups in total. The summed E-state index contributed by atoms with van der Waals surface area (Å²) in [6.45, 7) is 8.28. The summed E-state index contributed by atoms with van der Waals surface area (Å²) in [4.78, 5) is 0. The molecule has 0 aromatic heterocycles. The molecule has 0 aliphatic carbocycles. The van der Waals surface area contributed by atoms with Gasteiger partial charge in [-0.25, -0.2) is 0 Å². The van der Waals surface area contributed by atoms with E-state index >= 15 is 0 Å². The van der Waals surface area contributed by atoms with Crippen LogP contribution in [-0.4, -0.2) is 25.2 Å². The van der Waals surface area contributed by atoms with Crippen LogP contribution in [0.25, 0.3) is 0 Å². The monoisotopic (exact) mass is 261 g/mol. The van der Waals surface area contributed by atoms with E-state index < -0.39 is 7.12 Å². The second-order valence-electron chi connectivity index (χ2n) is 5.58. The third kappa shape index (κ3) is 3.38. The maximum Gasteiger partial charge on any atom is 0.492 e. The summed E-state index contributed by atoms with van der Waals surface area (Å²) in [5.41, 5.74) is 3.32. The van der Waals surface area contributed by atoms with Gasteiger partial charge in [-0.1, -0.05) is 45.4 Å². The molecule has 4 heteroatoms. The predicted molar refractivity (Wildman–Crippen MR) is 79.7 cm³/mol. The Morgan fingerprint density at radius 3 is 2.89 bits per heavy atom. The van der Waals surface area contributed by atoms with Crippen molar-refractivity contribution >= 4 is 12.6 Å². The second-order valence-corrected chi connectivity index (χ2v) is 5.58. The smallest absolute Gasteiger partial charge is 0.423 e. The van der Waals surface area contributed by atoms with E-state index in [-0.39, 0.29) is 6.10 Å². The highest BCUT2D eigenvalue weighted by atomic mass is 16.5. The van der Waals surface area contributed by atoms with E-state index in [4.69, 9.17) is 4.65 Å². The molecule has 19 heavy (non-hydrogen) atoms. The van der Waals surface area contributed by atoms with Gasteiger partial charge in [-0.05, 0) is 35.5 Å². The van der Waals surface area contributed by atoms with Gasteiger partial charge in [0.25, 0.3) is 0 Å². The van der Waals surface area contributed by atoms with Crippen molar-refractivity contribution in [1.29, 1.82) is 0 Å². The summed E-state index contributed by atoms with van der Waals surface area (Å²) in [6, 6.07) is 6.33. The number of hydrogen-bond acceptors (Lipinski definition) is 3. The predicted octanol–water partition coefficient (Wildman–Crippen LogP) is 1.96. The topological polar surface area (TPSA) is 41.5 Å². The minimum Gasteiger partial charge on any atom is -0.423 e. The van der Waals surface area contributed by atoms with Crippen LogP contribution in [0.3, 0.4) is 0 Å². The molecule has 3 nitrogen and oxygen atoms in total. The Morgan fingerprint density at radius 2 is 2.21 bits per heavy atom. The van der Waals surface area contributed by atoms with Gasteiger partial charge in [0, 0.05) is 6.54 Å². The third-order valence-electron chi connectivity index (χ3n) is 3.72. The van der Waals surface area contributed by atoms with Crippen molar-refractivity contribution in [2.75, 3.05) is 13.1 Å². The summed E-state index contributed by atoms with van der Waals surface area (Å²) in [6.07, 6.45) is 2.34. The number of hydrogen-bond donors (Lipinski definition) is 2. The van der Waals surface area contributed by atoms with Crippen LogP contribution >= 0.6 is 0 Å². The minimum atomic E-state index is -0.772. The molecule has 2 rings (SSSR count). The van der Waals surface area contributed by atoms with Crippen molar-refractivity contribution < 1.29 is 9.68 Å². The van der Waals surface area contributed by atoms with E-state index in [0.717, 1.165) is 24.1 Å². The number of benzene rings is 1. The van der Waals surface area contributed by atoms with Gasteiger partial charge >= 0.3 is 7.12 Å². The van der Waals surface area contributed by atoms with Gasteiger partial charge in [-0.2, -0.15) is 0 Å². The number of fused-ring (bicyclic) bond motifs is 1. The van der Waals surface area contributed by atoms with Gasteiger partial charge in [0.1, 0.15) is 0 Å². The third-order valence-corrected chi connectivity index (χ3v) is 3.72. The van der Waals surface area contributed by atoms with Gasteiger partial charge in [-0.3, -0.25) is 0 Å². The zero-order chi connectivity index (χ0) is 13.8. The lowest BCUT2D eigenvalue weighted by Gasteiger charge is -2.14. The van der Waals surface area contributed by atoms with Crippen LogP contribution in [0.2, 0.25) is 0 Å². The zero-order valence-electron chi connectivity index (χ0n) is 12.1. The SMILES string of the molecule is CCCCNCC1OB(O)c2cc(C(C)C)ccc21. The first-order valence-corrected chi connectivity index (χ1v) is 7.31. The van der Waals surface area contributed by atoms with E-state index in [1.54, 1.807) is 0 Å². The summed E-state index contributed by atoms with van der Waals surface area (Å²) < 4.78 is 5.64. The maximum atomic E-state index is 10.0. The number of unbranched alkanes of at least 4 members (excludes halogenated alkanes) is 1. The van der Waals surface area contributed by atoms with Crippen molar-refractivity contribution in [3.05, 3.63) is 29.3 Å². The van der Waals surface area contributed by atoms with Crippen molar-refractivity contribution in [3.63, 3.8) is 0 Å². The summed E-state index contributed by atoms with van der Waals surface area (Å²) >= 11 is 0. The first-order chi connectivity index (χ1) is 9.13. The standard InChI is InChI=1S/C15H24BNO2/c1-4-5-8-17-10-15-13-7-6-12(11(2)3)9-14(13)16(18)19-15/h6-7,9,11,15,17-18H,4-5,8,10H2,1-3H3. The molecule has 1 aliphatic rings. The molecule has 0 radical (unpaired) electrons. The maximum absolute atomic E-state index is 10.0. The second kappa shape index (κ2) is 6.55. The first-order valence-electron chi connectivity index (χ1n) is 7.31. The van der Waals surface area contributed by atoms with Gasteiger partial charge in [0.05, 0.1) is 6.10 Å². The Kier molecular flexibility index (Phi) is 5.02. The Hall–Kier alpha value is -0.835. The van der Waals surface area contributed by atoms with E-state index in [0.29, 0.717) is 5.92 Å². The van der Waals surface area contributed by atoms with Crippen LogP contribution in [0.4, 0.5) is 0 Å². The fourth-order valence-electron chi connectivity index (χ4n) is 2.45. The highest BCUT2D eigenvalue weighted by Gasteiger charge is 2.34. The molecule has 1 atom stereocenters. The van der Waals surface area contributed by atoms with Crippen LogP contribution in [0.15, 0.2) is 18.2 Å². The lowest BCUT2D eigenvalue weighted by molar-refractivity contribution is 0.187. The van der Waals surface area contributed by atoms with Gasteiger partial charge < -0.3 is 15.0 Å². The normalized spacial score (nSPS) is 18.2. The largest absolute Gasteiger partial charge is 0.492 e. The Morgan fingerprint density at radius 1 is 1.42 bits per heavy atom. The Labute approximate surface area is 116 Å². The molecule has 0 spiro atoms. The Balaban J connectivity index is 2.05. The molecule has 1 unspecified atom stereocenters. The molecule has 0 saturated heterocycles. The summed E-state index contributed by atoms with van der Waals surface area (Å²) in [5.74, 6) is 0.472. The van der Waals surface area contributed by atoms with Crippen molar-refractivity contribution in [3.8, 4) is 0 Å². The average molecular weight is 261 g/mol. The molecule has 104 valence electrons. The van der Waals surface area contributed by atoms with Crippen LogP contribution < -0.4 is 10.8 Å². The zero-order valence-corrected chi connectivity index (χ0v) is 12.1. The molecular weight excluding hydrogens is 237 g/mol. The molecule has 0 fully saturated rings. The molecule has 0 amide bonds. The van der Waals surface area contributed by atoms with Crippen molar-refractivity contribution in [2.45, 2.75) is 45.6 Å². The minimum absolute atomic E-state index is 0.0249.